The molecule has 2 aromatic rings. The van der Waals surface area contributed by atoms with Crippen LogP contribution in [0.1, 0.15) is 16.1 Å². The highest BCUT2D eigenvalue weighted by molar-refractivity contribution is 7.92. The van der Waals surface area contributed by atoms with E-state index in [1.54, 1.807) is 14.0 Å². The summed E-state index contributed by atoms with van der Waals surface area (Å²) >= 11 is 0. The van der Waals surface area contributed by atoms with Crippen molar-refractivity contribution in [3.63, 3.8) is 0 Å². The summed E-state index contributed by atoms with van der Waals surface area (Å²) in [6.45, 7) is 1.67. The third-order valence-corrected chi connectivity index (χ3v) is 4.52. The number of hydrogen-bond acceptors (Lipinski definition) is 5. The van der Waals surface area contributed by atoms with E-state index in [1.807, 2.05) is 0 Å². The molecule has 0 saturated carbocycles. The van der Waals surface area contributed by atoms with Crippen LogP contribution in [0, 0.1) is 6.92 Å². The summed E-state index contributed by atoms with van der Waals surface area (Å²) in [5, 5.41) is 3.91. The van der Waals surface area contributed by atoms with Crippen molar-refractivity contribution in [2.45, 2.75) is 11.8 Å². The van der Waals surface area contributed by atoms with Gasteiger partial charge < -0.3 is 4.74 Å². The van der Waals surface area contributed by atoms with Gasteiger partial charge in [0.25, 0.3) is 10.0 Å². The van der Waals surface area contributed by atoms with Crippen molar-refractivity contribution in [3.05, 3.63) is 41.7 Å². The van der Waals surface area contributed by atoms with E-state index < -0.39 is 16.0 Å². The number of carbonyl (C=O) groups is 1. The first-order valence-corrected chi connectivity index (χ1v) is 7.53. The Balaban J connectivity index is 2.25. The standard InChI is InChI=1S/C13H15N3O4S/c1-9-12(8-14-16(9)2)21(18,19)15-11-6-4-10(5-7-11)13(17)20-3/h4-8,15H,1-3H3. The molecule has 8 heteroatoms. The number of methoxy groups -OCH3 is 1. The lowest BCUT2D eigenvalue weighted by Gasteiger charge is -2.08. The monoisotopic (exact) mass is 309 g/mol. The summed E-state index contributed by atoms with van der Waals surface area (Å²) in [7, 11) is -0.763. The molecular formula is C13H15N3O4S. The van der Waals surface area contributed by atoms with Crippen LogP contribution in [0.5, 0.6) is 0 Å². The van der Waals surface area contributed by atoms with Crippen molar-refractivity contribution in [1.82, 2.24) is 9.78 Å². The van der Waals surface area contributed by atoms with E-state index in [4.69, 9.17) is 0 Å². The van der Waals surface area contributed by atoms with Crippen LogP contribution in [0.15, 0.2) is 35.4 Å². The zero-order chi connectivity index (χ0) is 15.6. The first-order chi connectivity index (χ1) is 9.85. The molecule has 21 heavy (non-hydrogen) atoms. The average Bonchev–Trinajstić information content (AvgIpc) is 2.79. The van der Waals surface area contributed by atoms with Gasteiger partial charge in [0.05, 0.1) is 24.6 Å². The van der Waals surface area contributed by atoms with Crippen LogP contribution in [-0.2, 0) is 21.8 Å². The quantitative estimate of drug-likeness (QED) is 0.860. The lowest BCUT2D eigenvalue weighted by atomic mass is 10.2. The molecule has 0 saturated heterocycles. The van der Waals surface area contributed by atoms with Gasteiger partial charge in [0.2, 0.25) is 0 Å². The Hall–Kier alpha value is -2.35. The number of rotatable bonds is 4. The first-order valence-electron chi connectivity index (χ1n) is 6.05. The van der Waals surface area contributed by atoms with Gasteiger partial charge in [0.15, 0.2) is 0 Å². The maximum atomic E-state index is 12.3. The number of nitrogens with zero attached hydrogens (tertiary/aromatic N) is 2. The van der Waals surface area contributed by atoms with Crippen molar-refractivity contribution >= 4 is 21.7 Å². The second-order valence-corrected chi connectivity index (χ2v) is 6.04. The fourth-order valence-electron chi connectivity index (χ4n) is 1.74. The average molecular weight is 309 g/mol. The van der Waals surface area contributed by atoms with E-state index in [1.165, 1.54) is 42.3 Å². The van der Waals surface area contributed by atoms with Gasteiger partial charge in [0, 0.05) is 12.7 Å². The predicted octanol–water partition coefficient (Wildman–Crippen LogP) is 1.32. The second-order valence-electron chi connectivity index (χ2n) is 4.39. The number of ether oxygens (including phenoxy) is 1. The summed E-state index contributed by atoms with van der Waals surface area (Å²) < 4.78 is 33.0. The number of anilines is 1. The molecule has 0 aliphatic rings. The predicted molar refractivity (Wildman–Crippen MR) is 76.5 cm³/mol. The molecule has 0 spiro atoms. The maximum Gasteiger partial charge on any atom is 0.337 e. The Morgan fingerprint density at radius 3 is 2.38 bits per heavy atom. The van der Waals surface area contributed by atoms with Gasteiger partial charge in [-0.25, -0.2) is 13.2 Å². The van der Waals surface area contributed by atoms with Crippen LogP contribution in [0.25, 0.3) is 0 Å². The molecule has 7 nitrogen and oxygen atoms in total. The number of aromatic nitrogens is 2. The van der Waals surface area contributed by atoms with Gasteiger partial charge in [-0.1, -0.05) is 0 Å². The molecule has 0 aliphatic heterocycles. The number of carbonyl (C=O) groups excluding carboxylic acids is 1. The highest BCUT2D eigenvalue weighted by Crippen LogP contribution is 2.19. The zero-order valence-corrected chi connectivity index (χ0v) is 12.6. The molecular weight excluding hydrogens is 294 g/mol. The molecule has 112 valence electrons. The topological polar surface area (TPSA) is 90.3 Å². The lowest BCUT2D eigenvalue weighted by molar-refractivity contribution is 0.0601. The van der Waals surface area contributed by atoms with E-state index in [0.29, 0.717) is 16.9 Å². The van der Waals surface area contributed by atoms with Crippen LogP contribution in [0.2, 0.25) is 0 Å². The molecule has 2 rings (SSSR count). The van der Waals surface area contributed by atoms with Gasteiger partial charge in [-0.3, -0.25) is 9.40 Å². The Kier molecular flexibility index (Phi) is 3.99. The van der Waals surface area contributed by atoms with Crippen LogP contribution < -0.4 is 4.72 Å². The highest BCUT2D eigenvalue weighted by atomic mass is 32.2. The largest absolute Gasteiger partial charge is 0.465 e. The second kappa shape index (κ2) is 5.57. The van der Waals surface area contributed by atoms with E-state index in [9.17, 15) is 13.2 Å². The van der Waals surface area contributed by atoms with Crippen molar-refractivity contribution in [2.75, 3.05) is 11.8 Å². The number of esters is 1. The van der Waals surface area contributed by atoms with E-state index in [2.05, 4.69) is 14.6 Å². The highest BCUT2D eigenvalue weighted by Gasteiger charge is 2.20. The van der Waals surface area contributed by atoms with Gasteiger partial charge in [-0.05, 0) is 31.2 Å². The summed E-state index contributed by atoms with van der Waals surface area (Å²) in [4.78, 5) is 11.4. The molecule has 1 N–H and O–H groups in total. The number of sulfonamides is 1. The Labute approximate surface area is 122 Å². The van der Waals surface area contributed by atoms with Crippen LogP contribution in [0.4, 0.5) is 5.69 Å². The SMILES string of the molecule is COC(=O)c1ccc(NS(=O)(=O)c2cnn(C)c2C)cc1. The Morgan fingerprint density at radius 2 is 1.90 bits per heavy atom. The molecule has 0 atom stereocenters. The summed E-state index contributed by atoms with van der Waals surface area (Å²) in [5.41, 5.74) is 1.23. The number of nitrogens with one attached hydrogen (secondary N) is 1. The van der Waals surface area contributed by atoms with Gasteiger partial charge in [-0.2, -0.15) is 5.10 Å². The third-order valence-electron chi connectivity index (χ3n) is 3.04. The van der Waals surface area contributed by atoms with Crippen molar-refractivity contribution < 1.29 is 17.9 Å². The Morgan fingerprint density at radius 1 is 1.29 bits per heavy atom. The van der Waals surface area contributed by atoms with Crippen LogP contribution in [-0.4, -0.2) is 31.3 Å². The Bertz CT molecular complexity index is 763. The number of aryl methyl sites for hydroxylation is 1. The number of benzene rings is 1. The summed E-state index contributed by atoms with van der Waals surface area (Å²) in [6.07, 6.45) is 1.29. The van der Waals surface area contributed by atoms with Crippen molar-refractivity contribution in [2.24, 2.45) is 7.05 Å². The molecule has 0 radical (unpaired) electrons. The fourth-order valence-corrected chi connectivity index (χ4v) is 3.01. The zero-order valence-electron chi connectivity index (χ0n) is 11.8. The van der Waals surface area contributed by atoms with Gasteiger partial charge in [0.1, 0.15) is 4.90 Å². The van der Waals surface area contributed by atoms with Gasteiger partial charge >= 0.3 is 5.97 Å². The molecule has 1 aromatic heterocycles. The third kappa shape index (κ3) is 3.05. The van der Waals surface area contributed by atoms with E-state index >= 15 is 0 Å². The molecule has 0 aliphatic carbocycles. The first kappa shape index (κ1) is 15.0. The van der Waals surface area contributed by atoms with Crippen molar-refractivity contribution in [1.29, 1.82) is 0 Å². The van der Waals surface area contributed by atoms with Crippen LogP contribution >= 0.6 is 0 Å². The minimum atomic E-state index is -3.71. The minimum absolute atomic E-state index is 0.113. The molecule has 0 bridgehead atoms. The molecule has 0 amide bonds. The van der Waals surface area contributed by atoms with Crippen LogP contribution in [0.3, 0.4) is 0 Å². The summed E-state index contributed by atoms with van der Waals surface area (Å²) in [6, 6.07) is 5.96. The van der Waals surface area contributed by atoms with E-state index in [0.717, 1.165) is 0 Å². The summed E-state index contributed by atoms with van der Waals surface area (Å²) in [5.74, 6) is -0.479. The minimum Gasteiger partial charge on any atom is -0.465 e. The lowest BCUT2D eigenvalue weighted by Crippen LogP contribution is -2.14. The van der Waals surface area contributed by atoms with Crippen molar-refractivity contribution in [3.8, 4) is 0 Å². The molecule has 1 aromatic carbocycles. The molecule has 1 heterocycles. The normalized spacial score (nSPS) is 11.2. The molecule has 0 fully saturated rings. The fraction of sp³-hybridized carbons (Fsp3) is 0.231. The smallest absolute Gasteiger partial charge is 0.337 e. The van der Waals surface area contributed by atoms with E-state index in [-0.39, 0.29) is 4.90 Å². The number of hydrogen-bond donors (Lipinski definition) is 1. The molecule has 0 unspecified atom stereocenters. The van der Waals surface area contributed by atoms with Gasteiger partial charge in [-0.15, -0.1) is 0 Å². The maximum absolute atomic E-state index is 12.3.